The molecule has 0 bridgehead atoms. The van der Waals surface area contributed by atoms with E-state index in [9.17, 15) is 34.5 Å². The summed E-state index contributed by atoms with van der Waals surface area (Å²) >= 11 is 0. The molecule has 17 heteroatoms. The minimum Gasteiger partial charge on any atom is -0.481 e. The van der Waals surface area contributed by atoms with E-state index in [1.165, 1.54) is 0 Å². The third-order valence-electron chi connectivity index (χ3n) is 4.85. The molecule has 33 heavy (non-hydrogen) atoms. The van der Waals surface area contributed by atoms with Gasteiger partial charge in [0.25, 0.3) is 11.5 Å². The number of hydrogen-bond donors (Lipinski definition) is 8. The number of hydrogen-bond acceptors (Lipinski definition) is 11. The number of primary amides is 1. The first-order chi connectivity index (χ1) is 15.0. The van der Waals surface area contributed by atoms with Crippen molar-refractivity contribution in [2.45, 2.75) is 43.4 Å². The highest BCUT2D eigenvalue weighted by atomic mass is 16.6. The van der Waals surface area contributed by atoms with Crippen LogP contribution >= 0.6 is 0 Å². The van der Waals surface area contributed by atoms with Crippen molar-refractivity contribution in [2.75, 3.05) is 12.3 Å². The molecule has 1 aliphatic rings. The predicted octanol–water partition coefficient (Wildman–Crippen LogP) is -5.06. The Hall–Kier alpha value is -3.64. The van der Waals surface area contributed by atoms with Gasteiger partial charge in [-0.15, -0.1) is 0 Å². The lowest BCUT2D eigenvalue weighted by Gasteiger charge is -2.15. The second-order valence-corrected chi connectivity index (χ2v) is 7.03. The van der Waals surface area contributed by atoms with Crippen LogP contribution in [-0.4, -0.2) is 94.4 Å². The van der Waals surface area contributed by atoms with Crippen molar-refractivity contribution in [2.24, 2.45) is 5.73 Å². The number of rotatable bonds is 8. The van der Waals surface area contributed by atoms with Crippen LogP contribution in [0.25, 0.3) is 11.0 Å². The number of ether oxygens (including phenoxy) is 1. The smallest absolute Gasteiger partial charge is 0.303 e. The van der Waals surface area contributed by atoms with Gasteiger partial charge in [-0.3, -0.25) is 24.2 Å². The van der Waals surface area contributed by atoms with Crippen molar-refractivity contribution in [1.29, 1.82) is 0 Å². The summed E-state index contributed by atoms with van der Waals surface area (Å²) in [5, 5.41) is 44.2. The predicted molar refractivity (Wildman–Crippen MR) is 107 cm³/mol. The molecule has 2 aromatic rings. The number of aromatic nitrogens is 4. The number of carboxylic acids is 1. The molecule has 5 atom stereocenters. The van der Waals surface area contributed by atoms with Crippen molar-refractivity contribution in [3.63, 3.8) is 0 Å². The van der Waals surface area contributed by atoms with Crippen LogP contribution in [0.3, 0.4) is 0 Å². The summed E-state index contributed by atoms with van der Waals surface area (Å²) < 4.78 is 6.22. The van der Waals surface area contributed by atoms with Crippen LogP contribution in [0.2, 0.25) is 0 Å². The zero-order chi connectivity index (χ0) is 23.7. The minimum atomic E-state index is -1.61. The fourth-order valence-corrected chi connectivity index (χ4v) is 3.26. The van der Waals surface area contributed by atoms with E-state index in [0.717, 1.165) is 4.68 Å². The lowest BCUT2D eigenvalue weighted by molar-refractivity contribution is -0.137. The molecule has 2 aromatic heterocycles. The van der Waals surface area contributed by atoms with E-state index in [-0.39, 0.29) is 28.9 Å². The number of nitrogens with two attached hydrogens (primary N) is 2. The van der Waals surface area contributed by atoms with Gasteiger partial charge in [-0.05, 0) is 6.42 Å². The van der Waals surface area contributed by atoms with E-state index >= 15 is 0 Å². The van der Waals surface area contributed by atoms with Gasteiger partial charge in [0, 0.05) is 6.42 Å². The standard InChI is InChI=1S/C16H21N7O9.H2O/c17-11(29)4(1-2-6(25)26)19-14(31)8-7-12(20-16(18)21-13(7)30)23(22-8)15-10(28)9(27)5(3-24)32-15;/h4-5,9-10,15,24,27-28H,1-3H2,(H2,17,29)(H,19,31)(H,25,26)(H3,18,20,21,30);1H2/t4?,5-,9-,10-,15-;/m1./s1. The van der Waals surface area contributed by atoms with Crippen LogP contribution in [0.5, 0.6) is 0 Å². The third kappa shape index (κ3) is 4.91. The average molecular weight is 473 g/mol. The second-order valence-electron chi connectivity index (χ2n) is 7.03. The number of aliphatic hydroxyl groups excluding tert-OH is 3. The van der Waals surface area contributed by atoms with E-state index in [1.54, 1.807) is 0 Å². The minimum absolute atomic E-state index is 0. The van der Waals surface area contributed by atoms with E-state index in [1.807, 2.05) is 0 Å². The normalized spacial score (nSPS) is 23.1. The second kappa shape index (κ2) is 9.88. The molecule has 1 fully saturated rings. The molecule has 0 aromatic carbocycles. The van der Waals surface area contributed by atoms with Crippen LogP contribution in [0.4, 0.5) is 5.95 Å². The van der Waals surface area contributed by atoms with Gasteiger partial charge in [-0.2, -0.15) is 10.1 Å². The van der Waals surface area contributed by atoms with E-state index in [0.29, 0.717) is 0 Å². The summed E-state index contributed by atoms with van der Waals surface area (Å²) in [6, 6.07) is -1.38. The lowest BCUT2D eigenvalue weighted by atomic mass is 10.1. The Balaban J connectivity index is 0.00000385. The number of amides is 2. The Morgan fingerprint density at radius 3 is 2.48 bits per heavy atom. The van der Waals surface area contributed by atoms with E-state index < -0.39 is 72.6 Å². The van der Waals surface area contributed by atoms with Gasteiger partial charge in [0.1, 0.15) is 29.7 Å². The molecule has 12 N–H and O–H groups in total. The van der Waals surface area contributed by atoms with Gasteiger partial charge < -0.3 is 47.4 Å². The number of H-pyrrole nitrogens is 1. The fraction of sp³-hybridized carbons (Fsp3) is 0.500. The Bertz CT molecular complexity index is 1110. The molecule has 182 valence electrons. The number of aliphatic hydroxyl groups is 3. The molecule has 0 aliphatic carbocycles. The van der Waals surface area contributed by atoms with Crippen molar-refractivity contribution in [3.05, 3.63) is 16.0 Å². The number of nitrogen functional groups attached to an aromatic ring is 1. The van der Waals surface area contributed by atoms with E-state index in [2.05, 4.69) is 20.4 Å². The maximum absolute atomic E-state index is 12.8. The number of aromatic amines is 1. The highest BCUT2D eigenvalue weighted by Crippen LogP contribution is 2.31. The molecule has 2 amide bonds. The molecule has 0 radical (unpaired) electrons. The summed E-state index contributed by atoms with van der Waals surface area (Å²) in [5.74, 6) is -3.64. The highest BCUT2D eigenvalue weighted by Gasteiger charge is 2.45. The Morgan fingerprint density at radius 1 is 1.27 bits per heavy atom. The average Bonchev–Trinajstić information content (AvgIpc) is 3.22. The van der Waals surface area contributed by atoms with Crippen molar-refractivity contribution < 1.29 is 45.0 Å². The first-order valence-electron chi connectivity index (χ1n) is 9.27. The van der Waals surface area contributed by atoms with Gasteiger partial charge in [-0.1, -0.05) is 0 Å². The molecule has 1 aliphatic heterocycles. The number of carbonyl (C=O) groups excluding carboxylic acids is 2. The zero-order valence-electron chi connectivity index (χ0n) is 16.8. The van der Waals surface area contributed by atoms with Crippen LogP contribution in [0, 0.1) is 0 Å². The Labute approximate surface area is 183 Å². The van der Waals surface area contributed by atoms with Crippen LogP contribution < -0.4 is 22.3 Å². The van der Waals surface area contributed by atoms with Crippen molar-refractivity contribution >= 4 is 34.8 Å². The molecule has 3 rings (SSSR count). The lowest BCUT2D eigenvalue weighted by Crippen LogP contribution is -2.45. The number of anilines is 1. The highest BCUT2D eigenvalue weighted by molar-refractivity contribution is 6.05. The van der Waals surface area contributed by atoms with Crippen LogP contribution in [0.1, 0.15) is 29.6 Å². The summed E-state index contributed by atoms with van der Waals surface area (Å²) in [6.45, 7) is -0.638. The molecule has 0 spiro atoms. The van der Waals surface area contributed by atoms with Gasteiger partial charge in [0.15, 0.2) is 17.6 Å². The Morgan fingerprint density at radius 2 is 1.94 bits per heavy atom. The van der Waals surface area contributed by atoms with Crippen molar-refractivity contribution in [1.82, 2.24) is 25.1 Å². The third-order valence-corrected chi connectivity index (χ3v) is 4.85. The fourth-order valence-electron chi connectivity index (χ4n) is 3.26. The first-order valence-corrected chi connectivity index (χ1v) is 9.27. The first kappa shape index (κ1) is 25.6. The largest absolute Gasteiger partial charge is 0.481 e. The van der Waals surface area contributed by atoms with E-state index in [4.69, 9.17) is 21.3 Å². The molecular weight excluding hydrogens is 450 g/mol. The number of fused-ring (bicyclic) bond motifs is 1. The summed E-state index contributed by atoms with van der Waals surface area (Å²) in [7, 11) is 0. The summed E-state index contributed by atoms with van der Waals surface area (Å²) in [6.07, 6.45) is -6.52. The SMILES string of the molecule is NC(=O)C(CCC(=O)O)NC(=O)c1nn([C@@H]2O[C@H](CO)[C@@H](O)[C@H]2O)c2nc(N)[nH]c(=O)c12.O. The molecule has 3 heterocycles. The molecule has 0 saturated carbocycles. The molecule has 17 nitrogen and oxygen atoms in total. The molecule has 1 unspecified atom stereocenters. The van der Waals surface area contributed by atoms with Crippen LogP contribution in [-0.2, 0) is 14.3 Å². The summed E-state index contributed by atoms with van der Waals surface area (Å²) in [5.41, 5.74) is 9.06. The number of nitrogens with one attached hydrogen (secondary N) is 2. The van der Waals surface area contributed by atoms with Crippen LogP contribution in [0.15, 0.2) is 4.79 Å². The van der Waals surface area contributed by atoms with Gasteiger partial charge >= 0.3 is 5.97 Å². The van der Waals surface area contributed by atoms with Crippen molar-refractivity contribution in [3.8, 4) is 0 Å². The molecular formula is C16H23N7O10. The van der Waals surface area contributed by atoms with Gasteiger partial charge in [0.2, 0.25) is 11.9 Å². The number of aliphatic carboxylic acids is 1. The number of carbonyl (C=O) groups is 3. The topological polar surface area (TPSA) is 300 Å². The van der Waals surface area contributed by atoms with Gasteiger partial charge in [-0.25, -0.2) is 4.68 Å². The maximum Gasteiger partial charge on any atom is 0.303 e. The zero-order valence-corrected chi connectivity index (χ0v) is 16.8. The maximum atomic E-state index is 12.8. The van der Waals surface area contributed by atoms with Gasteiger partial charge in [0.05, 0.1) is 6.61 Å². The number of carboxylic acid groups (broad SMARTS) is 1. The number of nitrogens with zero attached hydrogens (tertiary/aromatic N) is 3. The Kier molecular flexibility index (Phi) is 7.67. The molecule has 1 saturated heterocycles. The monoisotopic (exact) mass is 473 g/mol. The summed E-state index contributed by atoms with van der Waals surface area (Å²) in [4.78, 5) is 53.8. The quantitative estimate of drug-likeness (QED) is 0.178.